The predicted octanol–water partition coefficient (Wildman–Crippen LogP) is 3.80. The number of nitrogens with one attached hydrogen (secondary N) is 1. The highest BCUT2D eigenvalue weighted by atomic mass is 16.5. The minimum atomic E-state index is -0.281. The van der Waals surface area contributed by atoms with Gasteiger partial charge in [-0.15, -0.1) is 0 Å². The predicted molar refractivity (Wildman–Crippen MR) is 79.1 cm³/mol. The molecule has 1 aliphatic rings. The van der Waals surface area contributed by atoms with Crippen LogP contribution in [0, 0.1) is 0 Å². The molecule has 1 unspecified atom stereocenters. The largest absolute Gasteiger partial charge is 0.356 e. The van der Waals surface area contributed by atoms with Crippen LogP contribution >= 0.6 is 0 Å². The lowest BCUT2D eigenvalue weighted by molar-refractivity contribution is -0.0619. The molecule has 1 saturated heterocycles. The first-order valence-corrected chi connectivity index (χ1v) is 7.23. The van der Waals surface area contributed by atoms with E-state index in [-0.39, 0.29) is 5.72 Å². The van der Waals surface area contributed by atoms with E-state index in [0.29, 0.717) is 0 Å². The molecule has 1 heterocycles. The van der Waals surface area contributed by atoms with Crippen LogP contribution in [-0.2, 0) is 10.5 Å². The Balaban J connectivity index is 2.10. The van der Waals surface area contributed by atoms with Crippen LogP contribution in [0.4, 0.5) is 0 Å². The van der Waals surface area contributed by atoms with Crippen molar-refractivity contribution in [3.05, 3.63) is 48.0 Å². The van der Waals surface area contributed by atoms with Crippen molar-refractivity contribution in [2.45, 2.75) is 31.9 Å². The Labute approximate surface area is 114 Å². The van der Waals surface area contributed by atoms with E-state index in [4.69, 9.17) is 4.74 Å². The third-order valence-electron chi connectivity index (χ3n) is 3.89. The topological polar surface area (TPSA) is 21.3 Å². The summed E-state index contributed by atoms with van der Waals surface area (Å²) in [7, 11) is 0. The molecule has 100 valence electrons. The molecule has 1 N–H and O–H groups in total. The number of hydrogen-bond donors (Lipinski definition) is 1. The van der Waals surface area contributed by atoms with Crippen LogP contribution in [0.1, 0.15) is 31.7 Å². The molecule has 0 bridgehead atoms. The number of rotatable bonds is 4. The van der Waals surface area contributed by atoms with Crippen LogP contribution in [0.2, 0.25) is 0 Å². The molecule has 2 aromatic carbocycles. The Kier molecular flexibility index (Phi) is 3.54. The summed E-state index contributed by atoms with van der Waals surface area (Å²) >= 11 is 0. The van der Waals surface area contributed by atoms with Crippen LogP contribution < -0.4 is 5.32 Å². The molecule has 2 aromatic rings. The van der Waals surface area contributed by atoms with Gasteiger partial charge in [-0.1, -0.05) is 49.4 Å². The van der Waals surface area contributed by atoms with E-state index in [1.165, 1.54) is 22.8 Å². The van der Waals surface area contributed by atoms with Gasteiger partial charge in [-0.25, -0.2) is 0 Å². The smallest absolute Gasteiger partial charge is 0.145 e. The van der Waals surface area contributed by atoms with Crippen LogP contribution in [0.3, 0.4) is 0 Å². The average Bonchev–Trinajstić information content (AvgIpc) is 2.94. The molecule has 0 saturated carbocycles. The molecule has 2 nitrogen and oxygen atoms in total. The fourth-order valence-electron chi connectivity index (χ4n) is 3.00. The second-order valence-electron chi connectivity index (χ2n) is 5.23. The normalized spacial score (nSPS) is 23.0. The Bertz CT molecular complexity index is 553. The highest BCUT2D eigenvalue weighted by Crippen LogP contribution is 2.36. The molecule has 0 aliphatic carbocycles. The lowest BCUT2D eigenvalue weighted by Crippen LogP contribution is -2.40. The van der Waals surface area contributed by atoms with E-state index in [0.717, 1.165) is 26.0 Å². The van der Waals surface area contributed by atoms with E-state index < -0.39 is 0 Å². The van der Waals surface area contributed by atoms with Crippen molar-refractivity contribution in [1.82, 2.24) is 5.32 Å². The first-order chi connectivity index (χ1) is 9.36. The van der Waals surface area contributed by atoms with E-state index in [1.807, 2.05) is 0 Å². The Hall–Kier alpha value is -1.38. The highest BCUT2D eigenvalue weighted by Gasteiger charge is 2.37. The molecule has 1 aliphatic heterocycles. The lowest BCUT2D eigenvalue weighted by atomic mass is 9.94. The van der Waals surface area contributed by atoms with E-state index in [1.54, 1.807) is 0 Å². The van der Waals surface area contributed by atoms with E-state index in [2.05, 4.69) is 54.7 Å². The zero-order valence-electron chi connectivity index (χ0n) is 11.5. The first-order valence-electron chi connectivity index (χ1n) is 7.23. The number of fused-ring (bicyclic) bond motifs is 1. The summed E-state index contributed by atoms with van der Waals surface area (Å²) in [6, 6.07) is 15.1. The summed E-state index contributed by atoms with van der Waals surface area (Å²) < 4.78 is 6.22. The van der Waals surface area contributed by atoms with Gasteiger partial charge in [-0.3, -0.25) is 5.32 Å². The summed E-state index contributed by atoms with van der Waals surface area (Å²) in [4.78, 5) is 0. The van der Waals surface area contributed by atoms with Gasteiger partial charge in [0.1, 0.15) is 5.72 Å². The molecule has 0 amide bonds. The number of ether oxygens (including phenoxy) is 1. The number of benzene rings is 2. The van der Waals surface area contributed by atoms with Crippen molar-refractivity contribution in [3.8, 4) is 0 Å². The van der Waals surface area contributed by atoms with Crippen molar-refractivity contribution in [2.75, 3.05) is 13.2 Å². The Morgan fingerprint density at radius 1 is 1.16 bits per heavy atom. The van der Waals surface area contributed by atoms with Crippen LogP contribution in [0.15, 0.2) is 42.5 Å². The molecule has 0 spiro atoms. The summed E-state index contributed by atoms with van der Waals surface area (Å²) in [5.74, 6) is 0. The van der Waals surface area contributed by atoms with Crippen molar-refractivity contribution in [1.29, 1.82) is 0 Å². The van der Waals surface area contributed by atoms with Gasteiger partial charge in [-0.05, 0) is 36.6 Å². The third-order valence-corrected chi connectivity index (χ3v) is 3.89. The van der Waals surface area contributed by atoms with Gasteiger partial charge < -0.3 is 4.74 Å². The second kappa shape index (κ2) is 5.32. The second-order valence-corrected chi connectivity index (χ2v) is 5.23. The van der Waals surface area contributed by atoms with Gasteiger partial charge in [0.15, 0.2) is 0 Å². The summed E-state index contributed by atoms with van der Waals surface area (Å²) in [5, 5.41) is 6.18. The van der Waals surface area contributed by atoms with Crippen molar-refractivity contribution >= 4 is 10.8 Å². The monoisotopic (exact) mass is 255 g/mol. The van der Waals surface area contributed by atoms with Gasteiger partial charge in [0.2, 0.25) is 0 Å². The summed E-state index contributed by atoms with van der Waals surface area (Å²) in [6.07, 6.45) is 3.28. The fourth-order valence-corrected chi connectivity index (χ4v) is 3.00. The summed E-state index contributed by atoms with van der Waals surface area (Å²) in [6.45, 7) is 3.99. The van der Waals surface area contributed by atoms with Gasteiger partial charge in [0.25, 0.3) is 0 Å². The van der Waals surface area contributed by atoms with Crippen LogP contribution in [0.25, 0.3) is 10.8 Å². The maximum Gasteiger partial charge on any atom is 0.145 e. The van der Waals surface area contributed by atoms with E-state index in [9.17, 15) is 0 Å². The van der Waals surface area contributed by atoms with Crippen molar-refractivity contribution in [3.63, 3.8) is 0 Å². The Morgan fingerprint density at radius 3 is 2.79 bits per heavy atom. The van der Waals surface area contributed by atoms with Crippen LogP contribution in [0.5, 0.6) is 0 Å². The van der Waals surface area contributed by atoms with Crippen LogP contribution in [-0.4, -0.2) is 13.2 Å². The van der Waals surface area contributed by atoms with Gasteiger partial charge >= 0.3 is 0 Å². The quantitative estimate of drug-likeness (QED) is 0.897. The standard InChI is InChI=1S/C17H21NO/c1-2-13-19-17(11-6-12-18-17)16-10-5-8-14-7-3-4-9-15(14)16/h3-5,7-10,18H,2,6,11-13H2,1H3. The van der Waals surface area contributed by atoms with Gasteiger partial charge in [-0.2, -0.15) is 0 Å². The molecule has 1 atom stereocenters. The molecule has 1 fully saturated rings. The molecule has 0 aromatic heterocycles. The van der Waals surface area contributed by atoms with Crippen molar-refractivity contribution in [2.24, 2.45) is 0 Å². The minimum Gasteiger partial charge on any atom is -0.356 e. The maximum absolute atomic E-state index is 6.22. The first kappa shape index (κ1) is 12.6. The highest BCUT2D eigenvalue weighted by molar-refractivity contribution is 5.86. The maximum atomic E-state index is 6.22. The zero-order valence-corrected chi connectivity index (χ0v) is 11.5. The van der Waals surface area contributed by atoms with Gasteiger partial charge in [0, 0.05) is 12.2 Å². The average molecular weight is 255 g/mol. The fraction of sp³-hybridized carbons (Fsp3) is 0.412. The molecule has 0 radical (unpaired) electrons. The number of hydrogen-bond acceptors (Lipinski definition) is 2. The van der Waals surface area contributed by atoms with Crippen molar-refractivity contribution < 1.29 is 4.74 Å². The lowest BCUT2D eigenvalue weighted by Gasteiger charge is -2.31. The molecule has 2 heteroatoms. The Morgan fingerprint density at radius 2 is 2.00 bits per heavy atom. The third kappa shape index (κ3) is 2.26. The SMILES string of the molecule is CCCOC1(c2cccc3ccccc23)CCCN1. The summed E-state index contributed by atoms with van der Waals surface area (Å²) in [5.41, 5.74) is 1.01. The zero-order chi connectivity index (χ0) is 13.1. The molecule has 19 heavy (non-hydrogen) atoms. The minimum absolute atomic E-state index is 0.281. The molecular weight excluding hydrogens is 234 g/mol. The molecular formula is C17H21NO. The van der Waals surface area contributed by atoms with E-state index >= 15 is 0 Å². The van der Waals surface area contributed by atoms with Gasteiger partial charge in [0.05, 0.1) is 0 Å². The molecule has 3 rings (SSSR count).